The number of hydrogen-bond acceptors (Lipinski definition) is 5. The van der Waals surface area contributed by atoms with E-state index < -0.39 is 0 Å². The van der Waals surface area contributed by atoms with Crippen LogP contribution in [-0.4, -0.2) is 23.5 Å². The number of ether oxygens (including phenoxy) is 1. The van der Waals surface area contributed by atoms with Crippen LogP contribution in [0, 0.1) is 6.92 Å². The van der Waals surface area contributed by atoms with Gasteiger partial charge in [0.2, 0.25) is 0 Å². The number of nitrogens with zero attached hydrogens (tertiary/aromatic N) is 1. The van der Waals surface area contributed by atoms with E-state index in [1.807, 2.05) is 55.5 Å². The van der Waals surface area contributed by atoms with Crippen LogP contribution in [0.15, 0.2) is 48.5 Å². The first-order valence-corrected chi connectivity index (χ1v) is 14.0. The highest BCUT2D eigenvalue weighted by atomic mass is 35.5. The fraction of sp³-hybridized carbons (Fsp3) is 0.300. The van der Waals surface area contributed by atoms with Crippen LogP contribution in [0.1, 0.15) is 69.3 Å². The number of carbonyl (C=O) groups is 2. The molecule has 0 saturated heterocycles. The Labute approximate surface area is 225 Å². The largest absolute Gasteiger partial charge is 0.462 e. The van der Waals surface area contributed by atoms with Gasteiger partial charge in [-0.1, -0.05) is 54.8 Å². The molecule has 0 unspecified atom stereocenters. The number of para-hydroxylation sites is 1. The molecular formula is C30H29ClN2O3S. The van der Waals surface area contributed by atoms with Crippen molar-refractivity contribution in [2.75, 3.05) is 11.9 Å². The second-order valence-electron chi connectivity index (χ2n) is 9.28. The summed E-state index contributed by atoms with van der Waals surface area (Å²) in [5.41, 5.74) is 5.21. The van der Waals surface area contributed by atoms with Gasteiger partial charge in [-0.3, -0.25) is 4.79 Å². The van der Waals surface area contributed by atoms with E-state index in [0.717, 1.165) is 65.4 Å². The zero-order chi connectivity index (χ0) is 25.9. The molecule has 0 fully saturated rings. The third kappa shape index (κ3) is 5.13. The van der Waals surface area contributed by atoms with Gasteiger partial charge in [-0.2, -0.15) is 0 Å². The van der Waals surface area contributed by atoms with Crippen LogP contribution in [0.25, 0.3) is 22.2 Å². The molecule has 0 bridgehead atoms. The lowest BCUT2D eigenvalue weighted by molar-refractivity contribution is 0.0526. The number of nitrogens with one attached hydrogen (secondary N) is 1. The maximum absolute atomic E-state index is 14.0. The fourth-order valence-electron chi connectivity index (χ4n) is 5.08. The van der Waals surface area contributed by atoms with E-state index in [1.54, 1.807) is 6.92 Å². The van der Waals surface area contributed by atoms with E-state index in [1.165, 1.54) is 22.6 Å². The van der Waals surface area contributed by atoms with Gasteiger partial charge >= 0.3 is 5.97 Å². The van der Waals surface area contributed by atoms with Gasteiger partial charge in [-0.15, -0.1) is 11.3 Å². The number of thiophene rings is 1. The van der Waals surface area contributed by atoms with Crippen molar-refractivity contribution in [2.45, 2.75) is 52.4 Å². The summed E-state index contributed by atoms with van der Waals surface area (Å²) >= 11 is 7.62. The molecule has 1 N–H and O–H groups in total. The van der Waals surface area contributed by atoms with Crippen molar-refractivity contribution in [3.05, 3.63) is 80.7 Å². The van der Waals surface area contributed by atoms with Gasteiger partial charge in [0.05, 0.1) is 28.9 Å². The molecule has 0 saturated carbocycles. The molecule has 5 rings (SSSR count). The van der Waals surface area contributed by atoms with Crippen molar-refractivity contribution >= 4 is 50.7 Å². The van der Waals surface area contributed by atoms with E-state index in [0.29, 0.717) is 21.2 Å². The average molecular weight is 533 g/mol. The summed E-state index contributed by atoms with van der Waals surface area (Å²) in [5, 5.41) is 5.09. The van der Waals surface area contributed by atoms with E-state index in [4.69, 9.17) is 21.3 Å². The maximum Gasteiger partial charge on any atom is 0.341 e. The second-order valence-corrected chi connectivity index (χ2v) is 10.8. The minimum absolute atomic E-state index is 0.258. The number of aromatic nitrogens is 1. The Bertz CT molecular complexity index is 1480. The summed E-state index contributed by atoms with van der Waals surface area (Å²) in [5.74, 6) is -0.625. The normalized spacial score (nSPS) is 13.5. The molecule has 2 aromatic heterocycles. The Kier molecular flexibility index (Phi) is 7.58. The van der Waals surface area contributed by atoms with Crippen molar-refractivity contribution < 1.29 is 14.3 Å². The number of pyridine rings is 1. The third-order valence-corrected chi connectivity index (χ3v) is 8.32. The minimum atomic E-state index is -0.367. The molecule has 190 valence electrons. The van der Waals surface area contributed by atoms with E-state index >= 15 is 0 Å². The summed E-state index contributed by atoms with van der Waals surface area (Å²) in [6, 6.07) is 15.1. The number of hydrogen-bond donors (Lipinski definition) is 1. The smallest absolute Gasteiger partial charge is 0.341 e. The second kappa shape index (κ2) is 11.0. The van der Waals surface area contributed by atoms with E-state index in [2.05, 4.69) is 5.32 Å². The number of rotatable bonds is 5. The van der Waals surface area contributed by atoms with Crippen molar-refractivity contribution in [2.24, 2.45) is 0 Å². The number of fused-ring (bicyclic) bond motifs is 2. The molecule has 37 heavy (non-hydrogen) atoms. The molecule has 7 heteroatoms. The van der Waals surface area contributed by atoms with Crippen molar-refractivity contribution in [3.63, 3.8) is 0 Å². The van der Waals surface area contributed by atoms with Crippen LogP contribution >= 0.6 is 22.9 Å². The summed E-state index contributed by atoms with van der Waals surface area (Å²) < 4.78 is 5.43. The van der Waals surface area contributed by atoms with Gasteiger partial charge in [-0.25, -0.2) is 9.78 Å². The van der Waals surface area contributed by atoms with Crippen LogP contribution < -0.4 is 5.32 Å². The molecular weight excluding hydrogens is 504 g/mol. The maximum atomic E-state index is 14.0. The topological polar surface area (TPSA) is 68.3 Å². The van der Waals surface area contributed by atoms with Crippen LogP contribution in [0.5, 0.6) is 0 Å². The lowest BCUT2D eigenvalue weighted by atomic mass is 9.96. The molecule has 2 aromatic carbocycles. The SMILES string of the molecule is CCOC(=O)c1c(NC(=O)c2c(C)c(-c3ccc(Cl)cc3)nc3ccccc23)sc2c1CCCCCC2. The quantitative estimate of drug-likeness (QED) is 0.264. The number of aryl methyl sites for hydroxylation is 1. The summed E-state index contributed by atoms with van der Waals surface area (Å²) in [6.45, 7) is 4.00. The Morgan fingerprint density at radius 1 is 1.00 bits per heavy atom. The van der Waals surface area contributed by atoms with Crippen molar-refractivity contribution in [1.82, 2.24) is 4.98 Å². The molecule has 5 nitrogen and oxygen atoms in total. The number of esters is 1. The monoisotopic (exact) mass is 532 g/mol. The zero-order valence-corrected chi connectivity index (χ0v) is 22.6. The van der Waals surface area contributed by atoms with Gasteiger partial charge in [0.15, 0.2) is 0 Å². The van der Waals surface area contributed by atoms with Gasteiger partial charge in [0.25, 0.3) is 5.91 Å². The highest BCUT2D eigenvalue weighted by Gasteiger charge is 2.28. The molecule has 1 amide bonds. The Morgan fingerprint density at radius 3 is 2.49 bits per heavy atom. The molecule has 4 aromatic rings. The van der Waals surface area contributed by atoms with Gasteiger partial charge < -0.3 is 10.1 Å². The molecule has 0 radical (unpaired) electrons. The van der Waals surface area contributed by atoms with Crippen LogP contribution in [-0.2, 0) is 17.6 Å². The standard InChI is InChI=1S/C30H29ClN2O3S/c1-3-36-30(35)26-22-11-6-4-5-7-13-24(22)37-29(26)33-28(34)25-18(2)27(19-14-16-20(31)17-15-19)32-23-12-9-8-10-21(23)25/h8-10,12,14-17H,3-7,11,13H2,1-2H3,(H,33,34). The number of benzene rings is 2. The van der Waals surface area contributed by atoms with Crippen LogP contribution in [0.2, 0.25) is 5.02 Å². The molecule has 2 heterocycles. The number of amides is 1. The first-order chi connectivity index (χ1) is 18.0. The molecule has 0 spiro atoms. The Hall–Kier alpha value is -3.22. The molecule has 0 aliphatic heterocycles. The van der Waals surface area contributed by atoms with Gasteiger partial charge in [-0.05, 0) is 68.9 Å². The third-order valence-electron chi connectivity index (χ3n) is 6.86. The lowest BCUT2D eigenvalue weighted by Crippen LogP contribution is -2.17. The summed E-state index contributed by atoms with van der Waals surface area (Å²) in [7, 11) is 0. The molecule has 1 aliphatic rings. The Morgan fingerprint density at radius 2 is 1.73 bits per heavy atom. The number of halogens is 1. The van der Waals surface area contributed by atoms with Crippen molar-refractivity contribution in [3.8, 4) is 11.3 Å². The Balaban J connectivity index is 1.61. The predicted octanol–water partition coefficient (Wildman–Crippen LogP) is 8.01. The van der Waals surface area contributed by atoms with E-state index in [-0.39, 0.29) is 18.5 Å². The lowest BCUT2D eigenvalue weighted by Gasteiger charge is -2.15. The van der Waals surface area contributed by atoms with E-state index in [9.17, 15) is 9.59 Å². The summed E-state index contributed by atoms with van der Waals surface area (Å²) in [6.07, 6.45) is 6.19. The van der Waals surface area contributed by atoms with Gasteiger partial charge in [0.1, 0.15) is 5.00 Å². The predicted molar refractivity (Wildman–Crippen MR) is 151 cm³/mol. The molecule has 0 atom stereocenters. The van der Waals surface area contributed by atoms with Crippen LogP contribution in [0.3, 0.4) is 0 Å². The zero-order valence-electron chi connectivity index (χ0n) is 21.0. The highest BCUT2D eigenvalue weighted by molar-refractivity contribution is 7.17. The van der Waals surface area contributed by atoms with Crippen molar-refractivity contribution in [1.29, 1.82) is 0 Å². The number of carbonyl (C=O) groups excluding carboxylic acids is 2. The first-order valence-electron chi connectivity index (χ1n) is 12.8. The summed E-state index contributed by atoms with van der Waals surface area (Å²) in [4.78, 5) is 33.1. The minimum Gasteiger partial charge on any atom is -0.462 e. The fourth-order valence-corrected chi connectivity index (χ4v) is 6.48. The van der Waals surface area contributed by atoms with Crippen LogP contribution in [0.4, 0.5) is 5.00 Å². The average Bonchev–Trinajstić information content (AvgIpc) is 3.20. The number of anilines is 1. The molecule has 1 aliphatic carbocycles. The van der Waals surface area contributed by atoms with Gasteiger partial charge in [0, 0.05) is 20.8 Å². The highest BCUT2D eigenvalue weighted by Crippen LogP contribution is 2.39. The first kappa shape index (κ1) is 25.4.